The van der Waals surface area contributed by atoms with Gasteiger partial charge in [0.05, 0.1) is 13.2 Å². The standard InChI is InChI=1S/C15H16O2/c16-15-9-5-4-8-14(15)12-17-11-10-13-6-2-1-3-7-13/h1-9,16H,10-12H2. The maximum absolute atomic E-state index is 9.55. The summed E-state index contributed by atoms with van der Waals surface area (Å²) < 4.78 is 5.54. The molecular weight excluding hydrogens is 212 g/mol. The summed E-state index contributed by atoms with van der Waals surface area (Å²) in [7, 11) is 0. The van der Waals surface area contributed by atoms with Crippen LogP contribution >= 0.6 is 0 Å². The van der Waals surface area contributed by atoms with Gasteiger partial charge in [0.2, 0.25) is 0 Å². The van der Waals surface area contributed by atoms with Crippen molar-refractivity contribution in [3.05, 3.63) is 65.7 Å². The zero-order valence-corrected chi connectivity index (χ0v) is 9.67. The molecule has 0 saturated carbocycles. The molecule has 0 amide bonds. The molecule has 2 aromatic rings. The molecule has 2 rings (SSSR count). The minimum absolute atomic E-state index is 0.298. The van der Waals surface area contributed by atoms with Crippen LogP contribution in [0.5, 0.6) is 5.75 Å². The predicted octanol–water partition coefficient (Wildman–Crippen LogP) is 3.15. The van der Waals surface area contributed by atoms with E-state index in [1.165, 1.54) is 5.56 Å². The minimum atomic E-state index is 0.298. The fraction of sp³-hybridized carbons (Fsp3) is 0.200. The summed E-state index contributed by atoms with van der Waals surface area (Å²) in [5.74, 6) is 0.298. The predicted molar refractivity (Wildman–Crippen MR) is 67.9 cm³/mol. The summed E-state index contributed by atoms with van der Waals surface area (Å²) in [6.45, 7) is 1.12. The molecule has 0 unspecified atom stereocenters. The normalized spacial score (nSPS) is 10.4. The topological polar surface area (TPSA) is 29.5 Å². The van der Waals surface area contributed by atoms with Gasteiger partial charge in [-0.1, -0.05) is 48.5 Å². The van der Waals surface area contributed by atoms with Crippen LogP contribution in [0.4, 0.5) is 0 Å². The van der Waals surface area contributed by atoms with E-state index >= 15 is 0 Å². The highest BCUT2D eigenvalue weighted by Crippen LogP contribution is 2.16. The molecule has 1 N–H and O–H groups in total. The lowest BCUT2D eigenvalue weighted by Gasteiger charge is -2.06. The fourth-order valence-electron chi connectivity index (χ4n) is 1.65. The highest BCUT2D eigenvalue weighted by Gasteiger charge is 1.99. The number of rotatable bonds is 5. The Bertz CT molecular complexity index is 451. The van der Waals surface area contributed by atoms with E-state index in [1.807, 2.05) is 36.4 Å². The zero-order valence-electron chi connectivity index (χ0n) is 9.67. The summed E-state index contributed by atoms with van der Waals surface area (Å²) in [6, 6.07) is 17.5. The number of ether oxygens (including phenoxy) is 1. The van der Waals surface area contributed by atoms with Gasteiger partial charge in [-0.05, 0) is 18.1 Å². The van der Waals surface area contributed by atoms with E-state index in [0.29, 0.717) is 19.0 Å². The van der Waals surface area contributed by atoms with Crippen molar-refractivity contribution in [3.8, 4) is 5.75 Å². The number of benzene rings is 2. The van der Waals surface area contributed by atoms with E-state index in [4.69, 9.17) is 4.74 Å². The van der Waals surface area contributed by atoms with Gasteiger partial charge in [0.1, 0.15) is 5.75 Å². The van der Waals surface area contributed by atoms with Crippen molar-refractivity contribution in [2.45, 2.75) is 13.0 Å². The van der Waals surface area contributed by atoms with E-state index in [9.17, 15) is 5.11 Å². The SMILES string of the molecule is Oc1ccccc1COCCc1ccccc1. The van der Waals surface area contributed by atoms with Crippen molar-refractivity contribution < 1.29 is 9.84 Å². The van der Waals surface area contributed by atoms with Gasteiger partial charge in [0.25, 0.3) is 0 Å². The van der Waals surface area contributed by atoms with Crippen LogP contribution in [-0.2, 0) is 17.8 Å². The van der Waals surface area contributed by atoms with Gasteiger partial charge in [0, 0.05) is 5.56 Å². The highest BCUT2D eigenvalue weighted by atomic mass is 16.5. The highest BCUT2D eigenvalue weighted by molar-refractivity contribution is 5.30. The molecule has 0 atom stereocenters. The number of phenolic OH excluding ortho intramolecular Hbond substituents is 1. The summed E-state index contributed by atoms with van der Waals surface area (Å²) in [6.07, 6.45) is 0.897. The van der Waals surface area contributed by atoms with Crippen molar-refractivity contribution >= 4 is 0 Å². The third-order valence-electron chi connectivity index (χ3n) is 2.63. The summed E-state index contributed by atoms with van der Waals surface area (Å²) in [5.41, 5.74) is 2.10. The third kappa shape index (κ3) is 3.61. The Morgan fingerprint density at radius 1 is 0.882 bits per heavy atom. The number of phenols is 1. The molecule has 0 saturated heterocycles. The van der Waals surface area contributed by atoms with Crippen molar-refractivity contribution in [1.82, 2.24) is 0 Å². The monoisotopic (exact) mass is 228 g/mol. The lowest BCUT2D eigenvalue weighted by Crippen LogP contribution is -1.99. The van der Waals surface area contributed by atoms with Crippen LogP contribution in [0.1, 0.15) is 11.1 Å². The van der Waals surface area contributed by atoms with Crippen LogP contribution in [0.2, 0.25) is 0 Å². The molecule has 0 spiro atoms. The van der Waals surface area contributed by atoms with Gasteiger partial charge in [-0.25, -0.2) is 0 Å². The summed E-state index contributed by atoms with van der Waals surface area (Å²) >= 11 is 0. The van der Waals surface area contributed by atoms with Crippen LogP contribution in [0, 0.1) is 0 Å². The van der Waals surface area contributed by atoms with Crippen LogP contribution in [0.15, 0.2) is 54.6 Å². The quantitative estimate of drug-likeness (QED) is 0.796. The molecular formula is C15H16O2. The van der Waals surface area contributed by atoms with Crippen LogP contribution < -0.4 is 0 Å². The molecule has 0 aliphatic carbocycles. The second-order valence-electron chi connectivity index (χ2n) is 3.92. The summed E-state index contributed by atoms with van der Waals surface area (Å²) in [5, 5.41) is 9.55. The Morgan fingerprint density at radius 2 is 1.59 bits per heavy atom. The molecule has 17 heavy (non-hydrogen) atoms. The van der Waals surface area contributed by atoms with Gasteiger partial charge in [-0.2, -0.15) is 0 Å². The van der Waals surface area contributed by atoms with Gasteiger partial charge in [-0.15, -0.1) is 0 Å². The molecule has 2 heteroatoms. The Morgan fingerprint density at radius 3 is 2.35 bits per heavy atom. The molecule has 88 valence electrons. The van der Waals surface area contributed by atoms with E-state index in [0.717, 1.165) is 12.0 Å². The van der Waals surface area contributed by atoms with Crippen LogP contribution in [0.25, 0.3) is 0 Å². The molecule has 0 aliphatic rings. The summed E-state index contributed by atoms with van der Waals surface area (Å²) in [4.78, 5) is 0. The Labute approximate surface area is 101 Å². The molecule has 0 fully saturated rings. The van der Waals surface area contributed by atoms with E-state index in [-0.39, 0.29) is 0 Å². The number of hydrogen-bond acceptors (Lipinski definition) is 2. The Hall–Kier alpha value is -1.80. The van der Waals surface area contributed by atoms with E-state index in [1.54, 1.807) is 6.07 Å². The lowest BCUT2D eigenvalue weighted by molar-refractivity contribution is 0.122. The van der Waals surface area contributed by atoms with Crippen molar-refractivity contribution in [2.75, 3.05) is 6.61 Å². The molecule has 0 bridgehead atoms. The number of para-hydroxylation sites is 1. The third-order valence-corrected chi connectivity index (χ3v) is 2.63. The number of aromatic hydroxyl groups is 1. The first-order valence-electron chi connectivity index (χ1n) is 5.75. The van der Waals surface area contributed by atoms with Crippen molar-refractivity contribution in [1.29, 1.82) is 0 Å². The Kier molecular flexibility index (Phi) is 4.17. The maximum Gasteiger partial charge on any atom is 0.121 e. The van der Waals surface area contributed by atoms with E-state index in [2.05, 4.69) is 12.1 Å². The zero-order chi connectivity index (χ0) is 11.9. The average Bonchev–Trinajstić information content (AvgIpc) is 2.38. The Balaban J connectivity index is 1.76. The first kappa shape index (κ1) is 11.7. The lowest BCUT2D eigenvalue weighted by atomic mass is 10.2. The largest absolute Gasteiger partial charge is 0.508 e. The smallest absolute Gasteiger partial charge is 0.121 e. The molecule has 0 aliphatic heterocycles. The van der Waals surface area contributed by atoms with E-state index < -0.39 is 0 Å². The second kappa shape index (κ2) is 6.06. The second-order valence-corrected chi connectivity index (χ2v) is 3.92. The van der Waals surface area contributed by atoms with Crippen molar-refractivity contribution in [2.24, 2.45) is 0 Å². The molecule has 2 nitrogen and oxygen atoms in total. The minimum Gasteiger partial charge on any atom is -0.508 e. The molecule has 0 radical (unpaired) electrons. The van der Waals surface area contributed by atoms with Gasteiger partial charge >= 0.3 is 0 Å². The van der Waals surface area contributed by atoms with Crippen LogP contribution in [-0.4, -0.2) is 11.7 Å². The maximum atomic E-state index is 9.55. The van der Waals surface area contributed by atoms with Gasteiger partial charge in [-0.3, -0.25) is 0 Å². The first-order valence-corrected chi connectivity index (χ1v) is 5.75. The molecule has 0 aromatic heterocycles. The fourth-order valence-corrected chi connectivity index (χ4v) is 1.65. The van der Waals surface area contributed by atoms with Crippen LogP contribution in [0.3, 0.4) is 0 Å². The van der Waals surface area contributed by atoms with Gasteiger partial charge < -0.3 is 9.84 Å². The van der Waals surface area contributed by atoms with Gasteiger partial charge in [0.15, 0.2) is 0 Å². The molecule has 2 aromatic carbocycles. The van der Waals surface area contributed by atoms with Crippen molar-refractivity contribution in [3.63, 3.8) is 0 Å². The molecule has 0 heterocycles. The first-order chi connectivity index (χ1) is 8.36. The average molecular weight is 228 g/mol. The number of hydrogen-bond donors (Lipinski definition) is 1.